The molecule has 2 amide bonds. The van der Waals surface area contributed by atoms with Crippen molar-refractivity contribution in [1.29, 1.82) is 0 Å². The van der Waals surface area contributed by atoms with Crippen LogP contribution in [0.1, 0.15) is 45.2 Å². The molecule has 3 fully saturated rings. The monoisotopic (exact) mass is 436 g/mol. The van der Waals surface area contributed by atoms with Crippen molar-refractivity contribution in [1.82, 2.24) is 15.2 Å². The van der Waals surface area contributed by atoms with Crippen molar-refractivity contribution in [2.24, 2.45) is 5.92 Å². The van der Waals surface area contributed by atoms with Gasteiger partial charge in [-0.1, -0.05) is 18.9 Å². The molecule has 29 heavy (non-hydrogen) atoms. The Morgan fingerprint density at radius 2 is 2.07 bits per heavy atom. The molecule has 8 nitrogen and oxygen atoms in total. The summed E-state index contributed by atoms with van der Waals surface area (Å²) in [6, 6.07) is -1.64. The van der Waals surface area contributed by atoms with Crippen LogP contribution in [0, 0.1) is 5.92 Å². The molecule has 3 atom stereocenters. The van der Waals surface area contributed by atoms with E-state index in [1.807, 2.05) is 19.9 Å². The van der Waals surface area contributed by atoms with E-state index in [0.717, 1.165) is 25.7 Å². The zero-order valence-corrected chi connectivity index (χ0v) is 17.9. The highest BCUT2D eigenvalue weighted by atomic mass is 32.2. The Morgan fingerprint density at radius 1 is 1.38 bits per heavy atom. The zero-order chi connectivity index (χ0) is 20.9. The van der Waals surface area contributed by atoms with Crippen LogP contribution in [0.3, 0.4) is 0 Å². The largest absolute Gasteiger partial charge is 0.480 e. The van der Waals surface area contributed by atoms with Gasteiger partial charge in [0.15, 0.2) is 5.13 Å². The molecule has 1 aliphatic carbocycles. The molecular formula is C19H24N4O4S2. The Balaban J connectivity index is 1.54. The van der Waals surface area contributed by atoms with Crippen LogP contribution >= 0.6 is 23.1 Å². The van der Waals surface area contributed by atoms with Crippen molar-refractivity contribution in [3.05, 3.63) is 17.2 Å². The lowest BCUT2D eigenvalue weighted by Crippen LogP contribution is -2.70. The number of nitrogens with one attached hydrogen (secondary N) is 1. The molecule has 0 spiro atoms. The van der Waals surface area contributed by atoms with Gasteiger partial charge in [0.25, 0.3) is 5.91 Å². The molecule has 1 saturated carbocycles. The number of nitrogens with zero attached hydrogens (tertiary/aromatic N) is 2. The molecule has 0 radical (unpaired) electrons. The summed E-state index contributed by atoms with van der Waals surface area (Å²) in [6.07, 6.45) is 6.27. The number of allylic oxidation sites excluding steroid dienone is 1. The Bertz CT molecular complexity index is 891. The van der Waals surface area contributed by atoms with E-state index in [9.17, 15) is 19.5 Å². The van der Waals surface area contributed by atoms with E-state index in [1.165, 1.54) is 28.0 Å². The van der Waals surface area contributed by atoms with Gasteiger partial charge in [0, 0.05) is 10.1 Å². The summed E-state index contributed by atoms with van der Waals surface area (Å²) in [5.41, 5.74) is 6.71. The summed E-state index contributed by atoms with van der Waals surface area (Å²) in [5, 5.41) is 14.1. The number of carboxylic acids is 1. The number of thioether (sulfide) groups is 1. The van der Waals surface area contributed by atoms with Gasteiger partial charge < -0.3 is 21.1 Å². The number of thiazole rings is 1. The average Bonchev–Trinajstić information content (AvgIpc) is 3.35. The van der Waals surface area contributed by atoms with E-state index in [0.29, 0.717) is 22.3 Å². The maximum Gasteiger partial charge on any atom is 0.327 e. The van der Waals surface area contributed by atoms with Gasteiger partial charge in [0.1, 0.15) is 17.5 Å². The van der Waals surface area contributed by atoms with Crippen LogP contribution in [-0.4, -0.2) is 55.0 Å². The molecule has 0 aromatic carbocycles. The number of carbonyl (C=O) groups is 3. The number of anilines is 1. The lowest BCUT2D eigenvalue weighted by atomic mass is 9.95. The summed E-state index contributed by atoms with van der Waals surface area (Å²) in [7, 11) is 0. The minimum Gasteiger partial charge on any atom is -0.480 e. The highest BCUT2D eigenvalue weighted by molar-refractivity contribution is 8.01. The van der Waals surface area contributed by atoms with Crippen molar-refractivity contribution in [2.75, 3.05) is 5.73 Å². The van der Waals surface area contributed by atoms with Gasteiger partial charge in [-0.25, -0.2) is 9.78 Å². The number of aliphatic carboxylic acids is 1. The molecule has 1 aromatic rings. The van der Waals surface area contributed by atoms with Gasteiger partial charge in [-0.2, -0.15) is 0 Å². The third kappa shape index (κ3) is 3.52. The molecule has 2 aliphatic heterocycles. The second-order valence-corrected chi connectivity index (χ2v) is 10.9. The van der Waals surface area contributed by atoms with Gasteiger partial charge in [0.05, 0.1) is 11.3 Å². The standard InChI is InChI=1S/C19H24N4O4S2/c1-19(2)13(17(26)27)23-15(25)12(16(23)29-19)22-14(24)10(7-9-5-3-4-6-9)11-8-28-18(20)21-11/h7-9,12-13,16H,3-6H2,1-2H3,(H2,20,21)(H,22,24)(H,26,27)/b10-7-/t12-,13+,16-/m1/s1. The molecule has 2 saturated heterocycles. The number of rotatable bonds is 5. The first-order valence-electron chi connectivity index (χ1n) is 9.66. The number of nitrogens with two attached hydrogens (primary N) is 1. The van der Waals surface area contributed by atoms with Crippen molar-refractivity contribution >= 4 is 51.6 Å². The fourth-order valence-electron chi connectivity index (χ4n) is 4.41. The third-order valence-corrected chi connectivity index (χ3v) is 8.05. The first kappa shape index (κ1) is 20.2. The minimum absolute atomic E-state index is 0.309. The maximum atomic E-state index is 13.1. The van der Waals surface area contributed by atoms with Gasteiger partial charge in [-0.05, 0) is 32.6 Å². The van der Waals surface area contributed by atoms with Gasteiger partial charge in [-0.15, -0.1) is 23.1 Å². The van der Waals surface area contributed by atoms with Crippen molar-refractivity contribution in [3.8, 4) is 0 Å². The molecule has 0 unspecified atom stereocenters. The predicted molar refractivity (Wildman–Crippen MR) is 112 cm³/mol. The van der Waals surface area contributed by atoms with E-state index < -0.39 is 22.8 Å². The topological polar surface area (TPSA) is 126 Å². The number of amides is 2. The summed E-state index contributed by atoms with van der Waals surface area (Å²) < 4.78 is -0.627. The van der Waals surface area contributed by atoms with E-state index >= 15 is 0 Å². The zero-order valence-electron chi connectivity index (χ0n) is 16.3. The van der Waals surface area contributed by atoms with E-state index in [2.05, 4.69) is 10.3 Å². The molecule has 10 heteroatoms. The van der Waals surface area contributed by atoms with Gasteiger partial charge in [-0.3, -0.25) is 9.59 Å². The van der Waals surface area contributed by atoms with Crippen LogP contribution in [-0.2, 0) is 14.4 Å². The Kier molecular flexibility index (Phi) is 5.10. The number of β-lactam (4-membered cyclic amide) rings is 1. The normalized spacial score (nSPS) is 28.9. The molecule has 1 aromatic heterocycles. The second kappa shape index (κ2) is 7.32. The molecule has 3 heterocycles. The van der Waals surface area contributed by atoms with Crippen LogP contribution in [0.4, 0.5) is 5.13 Å². The number of carbonyl (C=O) groups excluding carboxylic acids is 2. The first-order valence-corrected chi connectivity index (χ1v) is 11.4. The number of nitrogen functional groups attached to an aromatic ring is 1. The summed E-state index contributed by atoms with van der Waals surface area (Å²) >= 11 is 2.68. The summed E-state index contributed by atoms with van der Waals surface area (Å²) in [6.45, 7) is 3.62. The van der Waals surface area contributed by atoms with E-state index in [4.69, 9.17) is 5.73 Å². The minimum atomic E-state index is -1.03. The fourth-order valence-corrected chi connectivity index (χ4v) is 6.60. The molecule has 0 bridgehead atoms. The SMILES string of the molecule is CC1(C)S[C@@H]2[C@H](NC(=O)/C(=C\C3CCCC3)c3csc(N)n3)C(=O)N2[C@H]1C(=O)O. The average molecular weight is 437 g/mol. The highest BCUT2D eigenvalue weighted by Crippen LogP contribution is 2.50. The number of fused-ring (bicyclic) bond motifs is 1. The Hall–Kier alpha value is -2.07. The number of hydrogen-bond acceptors (Lipinski definition) is 7. The predicted octanol–water partition coefficient (Wildman–Crippen LogP) is 1.93. The summed E-state index contributed by atoms with van der Waals surface area (Å²) in [5.74, 6) is -1.43. The van der Waals surface area contributed by atoms with Crippen LogP contribution < -0.4 is 11.1 Å². The first-order chi connectivity index (χ1) is 13.7. The molecule has 3 aliphatic rings. The molecule has 156 valence electrons. The van der Waals surface area contributed by atoms with E-state index in [-0.39, 0.29) is 17.2 Å². The van der Waals surface area contributed by atoms with Crippen LogP contribution in [0.25, 0.3) is 5.57 Å². The number of carboxylic acid groups (broad SMARTS) is 1. The van der Waals surface area contributed by atoms with Gasteiger partial charge >= 0.3 is 5.97 Å². The van der Waals surface area contributed by atoms with Crippen molar-refractivity contribution in [3.63, 3.8) is 0 Å². The number of hydrogen-bond donors (Lipinski definition) is 3. The van der Waals surface area contributed by atoms with Crippen molar-refractivity contribution in [2.45, 2.75) is 61.7 Å². The van der Waals surface area contributed by atoms with Crippen molar-refractivity contribution < 1.29 is 19.5 Å². The van der Waals surface area contributed by atoms with Crippen LogP contribution in [0.15, 0.2) is 11.5 Å². The smallest absolute Gasteiger partial charge is 0.327 e. The lowest BCUT2D eigenvalue weighted by Gasteiger charge is -2.43. The highest BCUT2D eigenvalue weighted by Gasteiger charge is 2.64. The Labute approximate surface area is 176 Å². The van der Waals surface area contributed by atoms with E-state index in [1.54, 1.807) is 5.38 Å². The third-order valence-electron chi connectivity index (χ3n) is 5.81. The fraction of sp³-hybridized carbons (Fsp3) is 0.579. The second-order valence-electron chi connectivity index (χ2n) is 8.25. The lowest BCUT2D eigenvalue weighted by molar-refractivity contribution is -0.160. The van der Waals surface area contributed by atoms with Gasteiger partial charge in [0.2, 0.25) is 5.91 Å². The number of aromatic nitrogens is 1. The maximum absolute atomic E-state index is 13.1. The quantitative estimate of drug-likeness (QED) is 0.476. The summed E-state index contributed by atoms with van der Waals surface area (Å²) in [4.78, 5) is 43.1. The molecule has 4 N–H and O–H groups in total. The van der Waals surface area contributed by atoms with Crippen LogP contribution in [0.2, 0.25) is 0 Å². The molecular weight excluding hydrogens is 412 g/mol. The van der Waals surface area contributed by atoms with Crippen LogP contribution in [0.5, 0.6) is 0 Å². The molecule has 4 rings (SSSR count). The Morgan fingerprint density at radius 3 is 2.66 bits per heavy atom.